The molecule has 0 aromatic heterocycles. The van der Waals surface area contributed by atoms with E-state index >= 15 is 0 Å². The molecule has 0 radical (unpaired) electrons. The van der Waals surface area contributed by atoms with Gasteiger partial charge in [0.15, 0.2) is 0 Å². The summed E-state index contributed by atoms with van der Waals surface area (Å²) >= 11 is 0. The molecule has 0 bridgehead atoms. The van der Waals surface area contributed by atoms with Gasteiger partial charge < -0.3 is 17.7 Å². The first-order valence-corrected chi connectivity index (χ1v) is 4.80. The van der Waals surface area contributed by atoms with E-state index in [1.54, 1.807) is 19.9 Å². The van der Waals surface area contributed by atoms with Crippen LogP contribution in [0.15, 0.2) is 18.2 Å². The second-order valence-electron chi connectivity index (χ2n) is 4.45. The zero-order valence-corrected chi connectivity index (χ0v) is 12.7. The van der Waals surface area contributed by atoms with Crippen LogP contribution in [0, 0.1) is 0 Å². The molecule has 0 unspecified atom stereocenters. The first-order valence-electron chi connectivity index (χ1n) is 4.80. The monoisotopic (exact) mass is 254 g/mol. The second-order valence-corrected chi connectivity index (χ2v) is 4.45. The van der Waals surface area contributed by atoms with Gasteiger partial charge in [-0.2, -0.15) is 0 Å². The molecule has 1 nitrogen and oxygen atoms in total. The van der Waals surface area contributed by atoms with E-state index in [2.05, 4.69) is 0 Å². The van der Waals surface area contributed by atoms with Crippen molar-refractivity contribution in [3.63, 3.8) is 0 Å². The third-order valence-electron chi connectivity index (χ3n) is 2.47. The third kappa shape index (κ3) is 2.85. The molecule has 0 atom stereocenters. The molecule has 1 aliphatic heterocycles. The Bertz CT molecular complexity index is 404. The third-order valence-corrected chi connectivity index (χ3v) is 2.47. The van der Waals surface area contributed by atoms with Gasteiger partial charge in [0.25, 0.3) is 0 Å². The van der Waals surface area contributed by atoms with Crippen LogP contribution in [0.1, 0.15) is 19.4 Å². The Morgan fingerprint density at radius 2 is 1.88 bits per heavy atom. The molecule has 0 aliphatic carbocycles. The number of fused-ring (bicyclic) bond motifs is 1. The fraction of sp³-hybridized carbons (Fsp3) is 0.400. The minimum Gasteiger partial charge on any atom is -0.490 e. The van der Waals surface area contributed by atoms with Gasteiger partial charge in [-0.1, -0.05) is 23.7 Å². The number of hydrogen-bond donors (Lipinski definition) is 0. The van der Waals surface area contributed by atoms with Gasteiger partial charge in [0, 0.05) is 6.42 Å². The molecular formula is C10H11BF3KO. The van der Waals surface area contributed by atoms with Crippen LogP contribution in [0.2, 0.25) is 0 Å². The number of para-hydroxylation sites is 1. The van der Waals surface area contributed by atoms with E-state index in [1.165, 1.54) is 6.07 Å². The Labute approximate surface area is 135 Å². The average Bonchev–Trinajstić information content (AvgIpc) is 2.35. The number of hydrogen-bond acceptors (Lipinski definition) is 1. The minimum absolute atomic E-state index is 0. The molecule has 1 aromatic carbocycles. The van der Waals surface area contributed by atoms with Crippen molar-refractivity contribution in [3.8, 4) is 5.75 Å². The predicted octanol–water partition coefficient (Wildman–Crippen LogP) is -0.542. The van der Waals surface area contributed by atoms with Crippen LogP contribution in [0.25, 0.3) is 0 Å². The average molecular weight is 254 g/mol. The zero-order chi connectivity index (χ0) is 11.3. The normalized spacial score (nSPS) is 17.3. The van der Waals surface area contributed by atoms with Crippen LogP contribution < -0.4 is 61.6 Å². The molecule has 0 saturated heterocycles. The predicted molar refractivity (Wildman–Crippen MR) is 53.6 cm³/mol. The summed E-state index contributed by atoms with van der Waals surface area (Å²) in [5.74, 6) is 0.0231. The summed E-state index contributed by atoms with van der Waals surface area (Å²) < 4.78 is 43.4. The first kappa shape index (κ1) is 14.6. The van der Waals surface area contributed by atoms with Crippen molar-refractivity contribution in [2.75, 3.05) is 0 Å². The van der Waals surface area contributed by atoms with E-state index in [9.17, 15) is 12.9 Å². The van der Waals surface area contributed by atoms with Gasteiger partial charge in [0.2, 0.25) is 0 Å². The fourth-order valence-corrected chi connectivity index (χ4v) is 1.90. The maximum Gasteiger partial charge on any atom is 1.00 e. The van der Waals surface area contributed by atoms with Gasteiger partial charge in [-0.3, -0.25) is 0 Å². The summed E-state index contributed by atoms with van der Waals surface area (Å²) in [7, 11) is 0. The van der Waals surface area contributed by atoms with Crippen molar-refractivity contribution < 1.29 is 69.1 Å². The van der Waals surface area contributed by atoms with Crippen LogP contribution in [0.3, 0.4) is 0 Å². The van der Waals surface area contributed by atoms with Crippen molar-refractivity contribution >= 4 is 12.4 Å². The molecule has 1 aromatic rings. The molecule has 16 heavy (non-hydrogen) atoms. The summed E-state index contributed by atoms with van der Waals surface area (Å²) in [6.07, 6.45) is 0.530. The first-order chi connectivity index (χ1) is 6.80. The van der Waals surface area contributed by atoms with E-state index < -0.39 is 18.0 Å². The molecule has 0 fully saturated rings. The second kappa shape index (κ2) is 4.65. The summed E-state index contributed by atoms with van der Waals surface area (Å²) in [5, 5.41) is 0. The molecule has 6 heteroatoms. The van der Waals surface area contributed by atoms with Crippen molar-refractivity contribution in [1.29, 1.82) is 0 Å². The van der Waals surface area contributed by atoms with Crippen molar-refractivity contribution in [3.05, 3.63) is 23.8 Å². The van der Waals surface area contributed by atoms with E-state index in [0.29, 0.717) is 12.0 Å². The van der Waals surface area contributed by atoms with Crippen molar-refractivity contribution in [2.24, 2.45) is 0 Å². The van der Waals surface area contributed by atoms with E-state index in [4.69, 9.17) is 4.74 Å². The topological polar surface area (TPSA) is 9.23 Å². The van der Waals surface area contributed by atoms with Crippen LogP contribution in [0.5, 0.6) is 5.75 Å². The molecule has 0 spiro atoms. The minimum atomic E-state index is -4.99. The number of rotatable bonds is 1. The molecule has 0 saturated carbocycles. The Hall–Kier alpha value is 0.511. The molecule has 82 valence electrons. The van der Waals surface area contributed by atoms with E-state index in [-0.39, 0.29) is 57.1 Å². The Morgan fingerprint density at radius 1 is 1.25 bits per heavy atom. The van der Waals surface area contributed by atoms with Crippen LogP contribution in [-0.2, 0) is 6.42 Å². The zero-order valence-electron chi connectivity index (χ0n) is 9.56. The van der Waals surface area contributed by atoms with E-state index in [0.717, 1.165) is 6.07 Å². The molecule has 1 heterocycles. The van der Waals surface area contributed by atoms with Crippen LogP contribution >= 0.6 is 0 Å². The summed E-state index contributed by atoms with van der Waals surface area (Å²) in [4.78, 5) is 0. The molecule has 1 aliphatic rings. The number of halogens is 3. The molecular weight excluding hydrogens is 243 g/mol. The van der Waals surface area contributed by atoms with Gasteiger partial charge in [-0.15, -0.1) is 0 Å². The molecule has 2 rings (SSSR count). The van der Waals surface area contributed by atoms with Gasteiger partial charge in [0.1, 0.15) is 5.60 Å². The Morgan fingerprint density at radius 3 is 2.44 bits per heavy atom. The fourth-order valence-electron chi connectivity index (χ4n) is 1.90. The maximum atomic E-state index is 12.7. The summed E-state index contributed by atoms with van der Waals surface area (Å²) in [5.41, 5.74) is -0.491. The molecule has 0 N–H and O–H groups in total. The standard InChI is InChI=1S/C10H11BF3O.K/c1-10(2)6-7-4-3-5-8(9(7)15-10)11(12,13)14;/h3-5H,6H2,1-2H3;/q-1;+1. The van der Waals surface area contributed by atoms with E-state index in [1.807, 2.05) is 0 Å². The van der Waals surface area contributed by atoms with Gasteiger partial charge >= 0.3 is 58.4 Å². The Balaban J connectivity index is 0.00000128. The smallest absolute Gasteiger partial charge is 0.490 e. The van der Waals surface area contributed by atoms with Gasteiger partial charge in [-0.25, -0.2) is 0 Å². The number of benzene rings is 1. The summed E-state index contributed by atoms with van der Waals surface area (Å²) in [6, 6.07) is 4.21. The Kier molecular flexibility index (Phi) is 4.23. The maximum absolute atomic E-state index is 12.7. The van der Waals surface area contributed by atoms with Gasteiger partial charge in [0.05, 0.1) is 5.75 Å². The van der Waals surface area contributed by atoms with Crippen molar-refractivity contribution in [1.82, 2.24) is 0 Å². The molecule has 0 amide bonds. The summed E-state index contributed by atoms with van der Waals surface area (Å²) in [6.45, 7) is -1.40. The van der Waals surface area contributed by atoms with Gasteiger partial charge in [-0.05, 0) is 19.4 Å². The van der Waals surface area contributed by atoms with Crippen molar-refractivity contribution in [2.45, 2.75) is 25.9 Å². The van der Waals surface area contributed by atoms with Crippen LogP contribution in [-0.4, -0.2) is 12.6 Å². The number of ether oxygens (including phenoxy) is 1. The quantitative estimate of drug-likeness (QED) is 0.611. The SMILES string of the molecule is CC1(C)Cc2cccc([B-](F)(F)F)c2O1.[K+]. The largest absolute Gasteiger partial charge is 1.00 e. The van der Waals surface area contributed by atoms with Crippen LogP contribution in [0.4, 0.5) is 12.9 Å².